The van der Waals surface area contributed by atoms with E-state index >= 15 is 0 Å². The number of nitrogens with zero attached hydrogens (tertiary/aromatic N) is 2. The van der Waals surface area contributed by atoms with Crippen molar-refractivity contribution in [2.24, 2.45) is 10.9 Å². The molecule has 0 fully saturated rings. The molecule has 0 amide bonds. The van der Waals surface area contributed by atoms with Crippen molar-refractivity contribution in [1.29, 1.82) is 0 Å². The zero-order valence-electron chi connectivity index (χ0n) is 14.8. The van der Waals surface area contributed by atoms with Gasteiger partial charge >= 0.3 is 0 Å². The van der Waals surface area contributed by atoms with Gasteiger partial charge in [-0.1, -0.05) is 32.0 Å². The number of benzene rings is 1. The van der Waals surface area contributed by atoms with E-state index in [9.17, 15) is 0 Å². The number of thiazole rings is 1. The number of hydrogen-bond donors (Lipinski definition) is 3. The lowest BCUT2D eigenvalue weighted by Crippen LogP contribution is -2.44. The number of nitrogens with one attached hydrogen (secondary N) is 3. The number of aliphatic imine (C=N–C) groups is 1. The second kappa shape index (κ2) is 9.27. The quantitative estimate of drug-likeness (QED) is 0.532. The summed E-state index contributed by atoms with van der Waals surface area (Å²) in [4.78, 5) is 9.88. The summed E-state index contributed by atoms with van der Waals surface area (Å²) in [7, 11) is 1.79. The summed E-state index contributed by atoms with van der Waals surface area (Å²) >= 11 is 1.70. The first-order valence-electron chi connectivity index (χ1n) is 8.26. The molecule has 6 heteroatoms. The Morgan fingerprint density at radius 1 is 1.21 bits per heavy atom. The van der Waals surface area contributed by atoms with Crippen molar-refractivity contribution < 1.29 is 0 Å². The van der Waals surface area contributed by atoms with Gasteiger partial charge in [-0.15, -0.1) is 11.3 Å². The van der Waals surface area contributed by atoms with Crippen LogP contribution in [-0.2, 0) is 6.54 Å². The lowest BCUT2D eigenvalue weighted by atomic mass is 10.0. The Morgan fingerprint density at radius 3 is 2.54 bits per heavy atom. The number of para-hydroxylation sites is 1. The van der Waals surface area contributed by atoms with Gasteiger partial charge in [-0.25, -0.2) is 4.98 Å². The average Bonchev–Trinajstić information content (AvgIpc) is 3.00. The van der Waals surface area contributed by atoms with Gasteiger partial charge in [-0.05, 0) is 25.0 Å². The van der Waals surface area contributed by atoms with Crippen LogP contribution in [0.4, 0.5) is 5.69 Å². The fraction of sp³-hybridized carbons (Fsp3) is 0.444. The third kappa shape index (κ3) is 5.85. The van der Waals surface area contributed by atoms with E-state index in [1.165, 1.54) is 4.88 Å². The number of aryl methyl sites for hydroxylation is 1. The average molecular weight is 346 g/mol. The molecule has 1 unspecified atom stereocenters. The smallest absolute Gasteiger partial charge is 0.191 e. The summed E-state index contributed by atoms with van der Waals surface area (Å²) in [6.07, 6.45) is 1.90. The number of rotatable bonds is 7. The van der Waals surface area contributed by atoms with E-state index in [1.807, 2.05) is 24.4 Å². The van der Waals surface area contributed by atoms with Crippen LogP contribution in [0.2, 0.25) is 0 Å². The Labute approximate surface area is 148 Å². The molecular weight excluding hydrogens is 318 g/mol. The first-order valence-corrected chi connectivity index (χ1v) is 9.07. The van der Waals surface area contributed by atoms with Crippen LogP contribution in [0.25, 0.3) is 0 Å². The summed E-state index contributed by atoms with van der Waals surface area (Å²) < 4.78 is 0. The van der Waals surface area contributed by atoms with Gasteiger partial charge in [0.25, 0.3) is 0 Å². The zero-order chi connectivity index (χ0) is 17.4. The minimum Gasteiger partial charge on any atom is -0.380 e. The van der Waals surface area contributed by atoms with E-state index < -0.39 is 0 Å². The molecule has 0 aliphatic rings. The van der Waals surface area contributed by atoms with Crippen molar-refractivity contribution in [3.63, 3.8) is 0 Å². The van der Waals surface area contributed by atoms with E-state index in [0.717, 1.165) is 23.2 Å². The maximum absolute atomic E-state index is 4.36. The van der Waals surface area contributed by atoms with E-state index in [4.69, 9.17) is 0 Å². The van der Waals surface area contributed by atoms with Gasteiger partial charge < -0.3 is 16.0 Å². The lowest BCUT2D eigenvalue weighted by molar-refractivity contribution is 0.512. The van der Waals surface area contributed by atoms with Crippen LogP contribution in [0.3, 0.4) is 0 Å². The minimum atomic E-state index is 0.313. The molecule has 0 saturated carbocycles. The highest BCUT2D eigenvalue weighted by molar-refractivity contribution is 7.11. The molecule has 1 atom stereocenters. The predicted octanol–water partition coefficient (Wildman–Crippen LogP) is 3.25. The Kier molecular flexibility index (Phi) is 7.06. The highest BCUT2D eigenvalue weighted by Gasteiger charge is 2.13. The summed E-state index contributed by atoms with van der Waals surface area (Å²) in [6, 6.07) is 10.6. The van der Waals surface area contributed by atoms with Crippen molar-refractivity contribution >= 4 is 23.0 Å². The first-order chi connectivity index (χ1) is 11.6. The highest BCUT2D eigenvalue weighted by atomic mass is 32.1. The van der Waals surface area contributed by atoms with E-state index in [0.29, 0.717) is 18.5 Å². The molecule has 130 valence electrons. The molecule has 0 spiro atoms. The van der Waals surface area contributed by atoms with E-state index in [1.54, 1.807) is 18.4 Å². The second-order valence-electron chi connectivity index (χ2n) is 6.03. The molecule has 5 nitrogen and oxygen atoms in total. The van der Waals surface area contributed by atoms with Gasteiger partial charge in [0.2, 0.25) is 0 Å². The van der Waals surface area contributed by atoms with Crippen molar-refractivity contribution in [2.45, 2.75) is 33.4 Å². The van der Waals surface area contributed by atoms with Gasteiger partial charge in [-0.3, -0.25) is 4.99 Å². The van der Waals surface area contributed by atoms with Crippen molar-refractivity contribution in [3.8, 4) is 0 Å². The fourth-order valence-corrected chi connectivity index (χ4v) is 3.00. The largest absolute Gasteiger partial charge is 0.380 e. The van der Waals surface area contributed by atoms with Crippen LogP contribution >= 0.6 is 11.3 Å². The molecule has 1 heterocycles. The summed E-state index contributed by atoms with van der Waals surface area (Å²) in [5.74, 6) is 1.29. The molecule has 0 aliphatic heterocycles. The molecule has 3 N–H and O–H groups in total. The lowest BCUT2D eigenvalue weighted by Gasteiger charge is -2.25. The standard InChI is InChI=1S/C18H27N5S/c1-13(2)16(23-15-8-6-5-7-9-15)11-21-18(19-4)22-12-17-20-10-14(3)24-17/h5-10,13,16,23H,11-12H2,1-4H3,(H2,19,21,22). The third-order valence-corrected chi connectivity index (χ3v) is 4.63. The molecule has 0 saturated heterocycles. The van der Waals surface area contributed by atoms with Crippen LogP contribution in [0.15, 0.2) is 41.5 Å². The van der Waals surface area contributed by atoms with E-state index in [2.05, 4.69) is 58.8 Å². The highest BCUT2D eigenvalue weighted by Crippen LogP contribution is 2.12. The molecular formula is C18H27N5S. The van der Waals surface area contributed by atoms with Crippen LogP contribution in [0, 0.1) is 12.8 Å². The Bertz CT molecular complexity index is 636. The topological polar surface area (TPSA) is 61.3 Å². The molecule has 2 aromatic rings. The normalized spacial score (nSPS) is 13.0. The molecule has 0 radical (unpaired) electrons. The van der Waals surface area contributed by atoms with Gasteiger partial charge in [0.05, 0.1) is 6.54 Å². The molecule has 1 aromatic carbocycles. The third-order valence-electron chi connectivity index (χ3n) is 3.72. The van der Waals surface area contributed by atoms with Crippen LogP contribution in [0.1, 0.15) is 23.7 Å². The number of anilines is 1. The Balaban J connectivity index is 1.85. The number of guanidine groups is 1. The Hall–Kier alpha value is -2.08. The van der Waals surface area contributed by atoms with Crippen LogP contribution in [0.5, 0.6) is 0 Å². The van der Waals surface area contributed by atoms with Gasteiger partial charge in [0, 0.05) is 36.4 Å². The number of aromatic nitrogens is 1. The molecule has 24 heavy (non-hydrogen) atoms. The zero-order valence-corrected chi connectivity index (χ0v) is 15.7. The first kappa shape index (κ1) is 18.3. The summed E-state index contributed by atoms with van der Waals surface area (Å²) in [6.45, 7) is 7.99. The van der Waals surface area contributed by atoms with Crippen LogP contribution in [-0.4, -0.2) is 30.6 Å². The Morgan fingerprint density at radius 2 is 1.96 bits per heavy atom. The monoisotopic (exact) mass is 345 g/mol. The second-order valence-corrected chi connectivity index (χ2v) is 7.35. The maximum Gasteiger partial charge on any atom is 0.191 e. The van der Waals surface area contributed by atoms with Crippen molar-refractivity contribution in [3.05, 3.63) is 46.4 Å². The van der Waals surface area contributed by atoms with Gasteiger partial charge in [0.1, 0.15) is 5.01 Å². The van der Waals surface area contributed by atoms with Crippen LogP contribution < -0.4 is 16.0 Å². The van der Waals surface area contributed by atoms with Gasteiger partial charge in [-0.2, -0.15) is 0 Å². The maximum atomic E-state index is 4.36. The summed E-state index contributed by atoms with van der Waals surface area (Å²) in [5, 5.41) is 11.4. The molecule has 2 rings (SSSR count). The van der Waals surface area contributed by atoms with Gasteiger partial charge in [0.15, 0.2) is 5.96 Å². The molecule has 0 bridgehead atoms. The minimum absolute atomic E-state index is 0.313. The summed E-state index contributed by atoms with van der Waals surface area (Å²) in [5.41, 5.74) is 1.14. The van der Waals surface area contributed by atoms with Crippen molar-refractivity contribution in [1.82, 2.24) is 15.6 Å². The predicted molar refractivity (Wildman–Crippen MR) is 104 cm³/mol. The molecule has 0 aliphatic carbocycles. The SMILES string of the molecule is CN=C(NCc1ncc(C)s1)NCC(Nc1ccccc1)C(C)C. The fourth-order valence-electron chi connectivity index (χ4n) is 2.27. The molecule has 1 aromatic heterocycles. The number of hydrogen-bond acceptors (Lipinski definition) is 4. The van der Waals surface area contributed by atoms with E-state index in [-0.39, 0.29) is 0 Å². The van der Waals surface area contributed by atoms with Crippen molar-refractivity contribution in [2.75, 3.05) is 18.9 Å².